The van der Waals surface area contributed by atoms with E-state index in [-0.39, 0.29) is 5.97 Å². The van der Waals surface area contributed by atoms with Gasteiger partial charge in [0, 0.05) is 18.0 Å². The third kappa shape index (κ3) is 3.75. The molecular formula is C13H15N3O2S. The molecule has 5 nitrogen and oxygen atoms in total. The molecule has 0 bridgehead atoms. The summed E-state index contributed by atoms with van der Waals surface area (Å²) in [5.74, 6) is -0.217. The Bertz CT molecular complexity index is 569. The van der Waals surface area contributed by atoms with Crippen molar-refractivity contribution >= 4 is 28.1 Å². The summed E-state index contributed by atoms with van der Waals surface area (Å²) in [6, 6.07) is 3.83. The van der Waals surface area contributed by atoms with Crippen LogP contribution < -0.4 is 5.32 Å². The average Bonchev–Trinajstić information content (AvgIpc) is 2.86. The lowest BCUT2D eigenvalue weighted by Crippen LogP contribution is -2.02. The van der Waals surface area contributed by atoms with Gasteiger partial charge in [0.15, 0.2) is 5.13 Å². The number of hydrogen-bond donors (Lipinski definition) is 1. The van der Waals surface area contributed by atoms with Gasteiger partial charge in [-0.25, -0.2) is 4.98 Å². The maximum absolute atomic E-state index is 11.1. The molecule has 0 spiro atoms. The van der Waals surface area contributed by atoms with E-state index < -0.39 is 0 Å². The van der Waals surface area contributed by atoms with Crippen molar-refractivity contribution in [2.45, 2.75) is 19.8 Å². The third-order valence-electron chi connectivity index (χ3n) is 2.61. The molecule has 2 aromatic heterocycles. The van der Waals surface area contributed by atoms with Gasteiger partial charge in [0.05, 0.1) is 30.6 Å². The molecule has 0 unspecified atom stereocenters. The van der Waals surface area contributed by atoms with Crippen LogP contribution in [0.5, 0.6) is 0 Å². The molecule has 2 aromatic rings. The van der Waals surface area contributed by atoms with Gasteiger partial charge in [-0.15, -0.1) is 11.3 Å². The molecule has 0 aromatic carbocycles. The highest BCUT2D eigenvalue weighted by atomic mass is 32.1. The smallest absolute Gasteiger partial charge is 0.305 e. The number of carbonyl (C=O) groups is 1. The summed E-state index contributed by atoms with van der Waals surface area (Å²) in [7, 11) is 1.39. The van der Waals surface area contributed by atoms with Crippen LogP contribution in [0.15, 0.2) is 23.7 Å². The zero-order valence-corrected chi connectivity index (χ0v) is 11.7. The van der Waals surface area contributed by atoms with Crippen molar-refractivity contribution in [2.24, 2.45) is 0 Å². The van der Waals surface area contributed by atoms with Crippen molar-refractivity contribution in [3.05, 3.63) is 35.1 Å². The van der Waals surface area contributed by atoms with Crippen LogP contribution in [-0.2, 0) is 16.0 Å². The second-order valence-electron chi connectivity index (χ2n) is 3.98. The molecule has 0 aliphatic heterocycles. The number of nitrogens with zero attached hydrogens (tertiary/aromatic N) is 2. The summed E-state index contributed by atoms with van der Waals surface area (Å²) in [6.07, 6.45) is 2.70. The number of ether oxygens (including phenoxy) is 1. The Kier molecular flexibility index (Phi) is 4.46. The zero-order chi connectivity index (χ0) is 13.7. The molecule has 100 valence electrons. The normalized spacial score (nSPS) is 10.2. The number of pyridine rings is 1. The molecule has 1 N–H and O–H groups in total. The van der Waals surface area contributed by atoms with Gasteiger partial charge in [-0.05, 0) is 19.1 Å². The van der Waals surface area contributed by atoms with Crippen LogP contribution in [-0.4, -0.2) is 23.0 Å². The Morgan fingerprint density at radius 1 is 1.53 bits per heavy atom. The number of hydrogen-bond acceptors (Lipinski definition) is 6. The number of nitrogens with one attached hydrogen (secondary N) is 1. The van der Waals surface area contributed by atoms with E-state index in [4.69, 9.17) is 0 Å². The number of aromatic nitrogens is 2. The number of carbonyl (C=O) groups excluding carboxylic acids is 1. The zero-order valence-electron chi connectivity index (χ0n) is 10.8. The minimum atomic E-state index is -0.217. The minimum absolute atomic E-state index is 0.217. The van der Waals surface area contributed by atoms with Gasteiger partial charge >= 0.3 is 5.97 Å². The standard InChI is InChI=1S/C13H15N3O2S/c1-9-11(4-3-7-14-9)16-13-15-10(8-19-13)5-6-12(17)18-2/h3-4,7-8H,5-6H2,1-2H3,(H,15,16). The molecule has 0 aliphatic rings. The van der Waals surface area contributed by atoms with Crippen LogP contribution in [0.4, 0.5) is 10.8 Å². The third-order valence-corrected chi connectivity index (χ3v) is 3.42. The molecule has 0 fully saturated rings. The Balaban J connectivity index is 1.98. The first-order chi connectivity index (χ1) is 9.19. The van der Waals surface area contributed by atoms with Crippen LogP contribution in [0.25, 0.3) is 0 Å². The first-order valence-corrected chi connectivity index (χ1v) is 6.77. The fraction of sp³-hybridized carbons (Fsp3) is 0.308. The first-order valence-electron chi connectivity index (χ1n) is 5.89. The maximum atomic E-state index is 11.1. The van der Waals surface area contributed by atoms with Crippen LogP contribution >= 0.6 is 11.3 Å². The van der Waals surface area contributed by atoms with Gasteiger partial charge in [-0.2, -0.15) is 0 Å². The predicted molar refractivity (Wildman–Crippen MR) is 74.7 cm³/mol. The number of rotatable bonds is 5. The molecule has 0 saturated carbocycles. The summed E-state index contributed by atoms with van der Waals surface area (Å²) in [5.41, 5.74) is 2.75. The number of aryl methyl sites for hydroxylation is 2. The van der Waals surface area contributed by atoms with Crippen molar-refractivity contribution in [3.8, 4) is 0 Å². The lowest BCUT2D eigenvalue weighted by molar-refractivity contribution is -0.140. The largest absolute Gasteiger partial charge is 0.469 e. The van der Waals surface area contributed by atoms with E-state index in [1.165, 1.54) is 18.4 Å². The van der Waals surface area contributed by atoms with E-state index in [1.807, 2.05) is 24.4 Å². The van der Waals surface area contributed by atoms with E-state index in [0.29, 0.717) is 12.8 Å². The molecule has 19 heavy (non-hydrogen) atoms. The van der Waals surface area contributed by atoms with E-state index in [9.17, 15) is 4.79 Å². The molecule has 0 radical (unpaired) electrons. The second-order valence-corrected chi connectivity index (χ2v) is 4.84. The van der Waals surface area contributed by atoms with Gasteiger partial charge in [0.1, 0.15) is 0 Å². The molecule has 0 atom stereocenters. The van der Waals surface area contributed by atoms with Gasteiger partial charge in [0.25, 0.3) is 0 Å². The van der Waals surface area contributed by atoms with Crippen LogP contribution in [0.3, 0.4) is 0 Å². The van der Waals surface area contributed by atoms with E-state index >= 15 is 0 Å². The van der Waals surface area contributed by atoms with Crippen LogP contribution in [0.2, 0.25) is 0 Å². The van der Waals surface area contributed by atoms with Crippen LogP contribution in [0, 0.1) is 6.92 Å². The highest BCUT2D eigenvalue weighted by Crippen LogP contribution is 2.22. The second kappa shape index (κ2) is 6.29. The fourth-order valence-electron chi connectivity index (χ4n) is 1.54. The number of thiazole rings is 1. The minimum Gasteiger partial charge on any atom is -0.469 e. The first kappa shape index (κ1) is 13.5. The molecule has 2 heterocycles. The molecule has 2 rings (SSSR count). The SMILES string of the molecule is COC(=O)CCc1csc(Nc2cccnc2C)n1. The quantitative estimate of drug-likeness (QED) is 0.851. The highest BCUT2D eigenvalue weighted by Gasteiger charge is 2.07. The van der Waals surface area contributed by atoms with Gasteiger partial charge in [-0.1, -0.05) is 0 Å². The maximum Gasteiger partial charge on any atom is 0.305 e. The Morgan fingerprint density at radius 2 is 2.37 bits per heavy atom. The summed E-state index contributed by atoms with van der Waals surface area (Å²) in [5, 5.41) is 5.97. The van der Waals surface area contributed by atoms with Gasteiger partial charge in [0.2, 0.25) is 0 Å². The van der Waals surface area contributed by atoms with Crippen molar-refractivity contribution < 1.29 is 9.53 Å². The topological polar surface area (TPSA) is 64.1 Å². The molecule has 0 saturated heterocycles. The number of esters is 1. The van der Waals surface area contributed by atoms with Gasteiger partial charge in [-0.3, -0.25) is 9.78 Å². The Hall–Kier alpha value is -1.95. The summed E-state index contributed by atoms with van der Waals surface area (Å²) in [4.78, 5) is 19.7. The molecule has 0 aliphatic carbocycles. The number of anilines is 2. The summed E-state index contributed by atoms with van der Waals surface area (Å²) >= 11 is 1.51. The monoisotopic (exact) mass is 277 g/mol. The summed E-state index contributed by atoms with van der Waals surface area (Å²) < 4.78 is 4.60. The van der Waals surface area contributed by atoms with Crippen molar-refractivity contribution in [1.82, 2.24) is 9.97 Å². The van der Waals surface area contributed by atoms with Crippen molar-refractivity contribution in [2.75, 3.05) is 12.4 Å². The van der Waals surface area contributed by atoms with Crippen molar-refractivity contribution in [3.63, 3.8) is 0 Å². The van der Waals surface area contributed by atoms with Gasteiger partial charge < -0.3 is 10.1 Å². The van der Waals surface area contributed by atoms with Crippen LogP contribution in [0.1, 0.15) is 17.8 Å². The fourth-order valence-corrected chi connectivity index (χ4v) is 2.30. The van der Waals surface area contributed by atoms with Crippen molar-refractivity contribution in [1.29, 1.82) is 0 Å². The molecule has 6 heteroatoms. The highest BCUT2D eigenvalue weighted by molar-refractivity contribution is 7.13. The lowest BCUT2D eigenvalue weighted by atomic mass is 10.2. The molecular weight excluding hydrogens is 262 g/mol. The predicted octanol–water partition coefficient (Wildman–Crippen LogP) is 2.70. The Labute approximate surface area is 115 Å². The van der Waals surface area contributed by atoms with E-state index in [2.05, 4.69) is 20.0 Å². The lowest BCUT2D eigenvalue weighted by Gasteiger charge is -2.04. The summed E-state index contributed by atoms with van der Waals surface area (Å²) in [6.45, 7) is 1.94. The van der Waals surface area contributed by atoms with E-state index in [0.717, 1.165) is 22.2 Å². The Morgan fingerprint density at radius 3 is 3.11 bits per heavy atom. The average molecular weight is 277 g/mol. The molecule has 0 amide bonds. The number of methoxy groups -OCH3 is 1. The van der Waals surface area contributed by atoms with E-state index in [1.54, 1.807) is 6.20 Å².